The van der Waals surface area contributed by atoms with Gasteiger partial charge in [0.25, 0.3) is 0 Å². The molecular weight excluding hydrogens is 376 g/mol. The first-order valence-electron chi connectivity index (χ1n) is 10.4. The SMILES string of the molecule is Cc1ccc(NC(=O)C[C@H]2CC3=C(C[C@@H](c4ccc(C)cc4)CC3=O)NC2=O)cc1. The van der Waals surface area contributed by atoms with Gasteiger partial charge >= 0.3 is 0 Å². The summed E-state index contributed by atoms with van der Waals surface area (Å²) in [4.78, 5) is 37.9. The molecule has 0 bridgehead atoms. The van der Waals surface area contributed by atoms with Crippen LogP contribution in [0.4, 0.5) is 5.69 Å². The van der Waals surface area contributed by atoms with E-state index in [2.05, 4.69) is 22.8 Å². The Morgan fingerprint density at radius 3 is 2.23 bits per heavy atom. The standard InChI is InChI=1S/C25H26N2O3/c1-15-3-7-17(8-4-15)18-12-22-21(23(28)13-18)11-19(25(30)27-22)14-24(29)26-20-9-5-16(2)6-10-20/h3-10,18-19H,11-14H2,1-2H3,(H,26,29)(H,27,30)/t18-,19-/m1/s1. The maximum atomic E-state index is 12.8. The second-order valence-electron chi connectivity index (χ2n) is 8.40. The van der Waals surface area contributed by atoms with E-state index < -0.39 is 5.92 Å². The molecule has 2 N–H and O–H groups in total. The molecule has 0 saturated carbocycles. The lowest BCUT2D eigenvalue weighted by Gasteiger charge is -2.33. The van der Waals surface area contributed by atoms with Crippen LogP contribution in [0, 0.1) is 19.8 Å². The fourth-order valence-corrected chi connectivity index (χ4v) is 4.22. The maximum Gasteiger partial charge on any atom is 0.228 e. The van der Waals surface area contributed by atoms with Gasteiger partial charge in [-0.05, 0) is 50.3 Å². The van der Waals surface area contributed by atoms with Gasteiger partial charge in [-0.1, -0.05) is 47.5 Å². The Bertz CT molecular complexity index is 1020. The molecule has 0 fully saturated rings. The highest BCUT2D eigenvalue weighted by atomic mass is 16.2. The highest BCUT2D eigenvalue weighted by Crippen LogP contribution is 2.38. The van der Waals surface area contributed by atoms with Crippen molar-refractivity contribution in [3.8, 4) is 0 Å². The Hall–Kier alpha value is -3.21. The number of allylic oxidation sites excluding steroid dienone is 2. The Morgan fingerprint density at radius 2 is 1.57 bits per heavy atom. The number of nitrogens with one attached hydrogen (secondary N) is 2. The first-order valence-corrected chi connectivity index (χ1v) is 10.4. The number of carbonyl (C=O) groups excluding carboxylic acids is 3. The van der Waals surface area contributed by atoms with E-state index in [1.807, 2.05) is 50.2 Å². The number of hydrogen-bond acceptors (Lipinski definition) is 3. The third-order valence-electron chi connectivity index (χ3n) is 5.99. The number of hydrogen-bond donors (Lipinski definition) is 2. The molecule has 2 aliphatic rings. The number of Topliss-reactive ketones (excluding diaryl/α,β-unsaturated/α-hetero) is 1. The van der Waals surface area contributed by atoms with Crippen molar-refractivity contribution in [1.82, 2.24) is 5.32 Å². The fourth-order valence-electron chi connectivity index (χ4n) is 4.22. The molecule has 1 heterocycles. The Labute approximate surface area is 176 Å². The Balaban J connectivity index is 1.43. The van der Waals surface area contributed by atoms with Crippen molar-refractivity contribution < 1.29 is 14.4 Å². The van der Waals surface area contributed by atoms with Crippen LogP contribution in [0.3, 0.4) is 0 Å². The van der Waals surface area contributed by atoms with Gasteiger partial charge in [0.2, 0.25) is 11.8 Å². The molecule has 2 aromatic carbocycles. The molecule has 4 rings (SSSR count). The molecule has 0 aromatic heterocycles. The lowest BCUT2D eigenvalue weighted by Crippen LogP contribution is -2.41. The molecule has 1 aliphatic carbocycles. The second kappa shape index (κ2) is 8.27. The monoisotopic (exact) mass is 402 g/mol. The minimum absolute atomic E-state index is 0.0607. The van der Waals surface area contributed by atoms with Crippen LogP contribution >= 0.6 is 0 Å². The number of rotatable bonds is 4. The molecule has 30 heavy (non-hydrogen) atoms. The third-order valence-corrected chi connectivity index (χ3v) is 5.99. The van der Waals surface area contributed by atoms with Crippen LogP contribution < -0.4 is 10.6 Å². The van der Waals surface area contributed by atoms with Crippen molar-refractivity contribution in [2.75, 3.05) is 5.32 Å². The maximum absolute atomic E-state index is 12.8. The van der Waals surface area contributed by atoms with Gasteiger partial charge in [-0.3, -0.25) is 14.4 Å². The van der Waals surface area contributed by atoms with Crippen molar-refractivity contribution in [2.24, 2.45) is 5.92 Å². The van der Waals surface area contributed by atoms with Gasteiger partial charge in [0.1, 0.15) is 0 Å². The molecule has 5 heteroatoms. The van der Waals surface area contributed by atoms with Crippen molar-refractivity contribution in [3.05, 3.63) is 76.5 Å². The van der Waals surface area contributed by atoms with Crippen LogP contribution in [-0.4, -0.2) is 17.6 Å². The summed E-state index contributed by atoms with van der Waals surface area (Å²) in [5.41, 5.74) is 5.53. The highest BCUT2D eigenvalue weighted by molar-refractivity contribution is 6.02. The molecule has 0 spiro atoms. The van der Waals surface area contributed by atoms with E-state index >= 15 is 0 Å². The summed E-state index contributed by atoms with van der Waals surface area (Å²) in [6, 6.07) is 15.7. The van der Waals surface area contributed by atoms with Crippen LogP contribution in [0.15, 0.2) is 59.8 Å². The van der Waals surface area contributed by atoms with Gasteiger partial charge in [-0.25, -0.2) is 0 Å². The van der Waals surface area contributed by atoms with Crippen molar-refractivity contribution in [1.29, 1.82) is 0 Å². The minimum Gasteiger partial charge on any atom is -0.329 e. The number of amides is 2. The van der Waals surface area contributed by atoms with Crippen molar-refractivity contribution in [3.63, 3.8) is 0 Å². The fraction of sp³-hybridized carbons (Fsp3) is 0.320. The summed E-state index contributed by atoms with van der Waals surface area (Å²) in [6.45, 7) is 4.01. The smallest absolute Gasteiger partial charge is 0.228 e. The van der Waals surface area contributed by atoms with E-state index in [-0.39, 0.29) is 29.9 Å². The summed E-state index contributed by atoms with van der Waals surface area (Å²) < 4.78 is 0. The molecule has 5 nitrogen and oxygen atoms in total. The number of anilines is 1. The average molecular weight is 402 g/mol. The number of carbonyl (C=O) groups is 3. The van der Waals surface area contributed by atoms with Crippen molar-refractivity contribution >= 4 is 23.3 Å². The zero-order valence-electron chi connectivity index (χ0n) is 17.3. The summed E-state index contributed by atoms with van der Waals surface area (Å²) in [5.74, 6) is -0.757. The van der Waals surface area contributed by atoms with E-state index in [4.69, 9.17) is 0 Å². The number of ketones is 1. The second-order valence-corrected chi connectivity index (χ2v) is 8.40. The molecule has 2 atom stereocenters. The van der Waals surface area contributed by atoms with E-state index in [1.54, 1.807) is 0 Å². The number of aryl methyl sites for hydroxylation is 2. The average Bonchev–Trinajstić information content (AvgIpc) is 2.71. The normalized spacial score (nSPS) is 21.1. The van der Waals surface area contributed by atoms with E-state index in [0.717, 1.165) is 16.8 Å². The third kappa shape index (κ3) is 4.35. The van der Waals surface area contributed by atoms with Gasteiger partial charge in [0, 0.05) is 29.8 Å². The minimum atomic E-state index is -0.519. The van der Waals surface area contributed by atoms with Gasteiger partial charge in [-0.15, -0.1) is 0 Å². The van der Waals surface area contributed by atoms with E-state index in [1.165, 1.54) is 5.56 Å². The van der Waals surface area contributed by atoms with Gasteiger partial charge in [-0.2, -0.15) is 0 Å². The molecule has 2 amide bonds. The summed E-state index contributed by atoms with van der Waals surface area (Å²) in [6.07, 6.45) is 1.49. The van der Waals surface area contributed by atoms with E-state index in [9.17, 15) is 14.4 Å². The zero-order valence-corrected chi connectivity index (χ0v) is 17.3. The first-order chi connectivity index (χ1) is 14.4. The summed E-state index contributed by atoms with van der Waals surface area (Å²) >= 11 is 0. The van der Waals surface area contributed by atoms with Gasteiger partial charge < -0.3 is 10.6 Å². The molecule has 1 aliphatic heterocycles. The largest absolute Gasteiger partial charge is 0.329 e. The Kier molecular flexibility index (Phi) is 5.53. The molecule has 154 valence electrons. The summed E-state index contributed by atoms with van der Waals surface area (Å²) in [5, 5.41) is 5.76. The molecule has 0 radical (unpaired) electrons. The molecule has 2 aromatic rings. The van der Waals surface area contributed by atoms with Crippen LogP contribution in [0.25, 0.3) is 0 Å². The lowest BCUT2D eigenvalue weighted by atomic mass is 9.77. The first kappa shape index (κ1) is 20.1. The van der Waals surface area contributed by atoms with Crippen LogP contribution in [0.5, 0.6) is 0 Å². The van der Waals surface area contributed by atoms with Crippen molar-refractivity contribution in [2.45, 2.75) is 45.4 Å². The van der Waals surface area contributed by atoms with Crippen LogP contribution in [0.2, 0.25) is 0 Å². The lowest BCUT2D eigenvalue weighted by molar-refractivity contribution is -0.129. The highest BCUT2D eigenvalue weighted by Gasteiger charge is 2.37. The Morgan fingerprint density at radius 1 is 0.933 bits per heavy atom. The van der Waals surface area contributed by atoms with Gasteiger partial charge in [0.15, 0.2) is 5.78 Å². The predicted octanol–water partition coefficient (Wildman–Crippen LogP) is 4.17. The van der Waals surface area contributed by atoms with E-state index in [0.29, 0.717) is 30.5 Å². The van der Waals surface area contributed by atoms with Gasteiger partial charge in [0.05, 0.1) is 5.92 Å². The molecule has 0 saturated heterocycles. The number of benzene rings is 2. The van der Waals surface area contributed by atoms with Crippen LogP contribution in [-0.2, 0) is 14.4 Å². The summed E-state index contributed by atoms with van der Waals surface area (Å²) in [7, 11) is 0. The molecular formula is C25H26N2O3. The topological polar surface area (TPSA) is 75.3 Å². The van der Waals surface area contributed by atoms with Crippen LogP contribution in [0.1, 0.15) is 48.3 Å². The predicted molar refractivity (Wildman–Crippen MR) is 116 cm³/mol. The molecule has 0 unspecified atom stereocenters. The quantitative estimate of drug-likeness (QED) is 0.806. The zero-order chi connectivity index (χ0) is 21.3.